The smallest absolute Gasteiger partial charge is 0.262 e. The van der Waals surface area contributed by atoms with Crippen molar-refractivity contribution in [2.45, 2.75) is 23.8 Å². The zero-order chi connectivity index (χ0) is 19.6. The van der Waals surface area contributed by atoms with Crippen LogP contribution < -0.4 is 15.8 Å². The van der Waals surface area contributed by atoms with E-state index in [0.717, 1.165) is 25.0 Å². The molecule has 0 bridgehead atoms. The summed E-state index contributed by atoms with van der Waals surface area (Å²) in [6.07, 6.45) is 2.09. The molecule has 1 saturated carbocycles. The van der Waals surface area contributed by atoms with E-state index in [1.807, 2.05) is 0 Å². The van der Waals surface area contributed by atoms with Gasteiger partial charge in [-0.05, 0) is 49.1 Å². The maximum absolute atomic E-state index is 13.4. The maximum Gasteiger partial charge on any atom is 0.262 e. The van der Waals surface area contributed by atoms with Crippen LogP contribution >= 0.6 is 12.4 Å². The van der Waals surface area contributed by atoms with E-state index < -0.39 is 32.5 Å². The summed E-state index contributed by atoms with van der Waals surface area (Å²) in [5.41, 5.74) is 6.09. The van der Waals surface area contributed by atoms with Crippen LogP contribution in [0.3, 0.4) is 0 Å². The first-order valence-corrected chi connectivity index (χ1v) is 9.87. The molecule has 4 N–H and O–H groups in total. The number of rotatable bonds is 7. The number of sulfonamides is 1. The van der Waals surface area contributed by atoms with Gasteiger partial charge in [0.1, 0.15) is 0 Å². The van der Waals surface area contributed by atoms with Crippen LogP contribution in [0, 0.1) is 17.6 Å². The molecule has 0 heterocycles. The molecule has 0 aliphatic heterocycles. The van der Waals surface area contributed by atoms with E-state index in [2.05, 4.69) is 10.0 Å². The number of nitrogens with two attached hydrogens (primary N) is 1. The average molecular weight is 432 g/mol. The fourth-order valence-corrected chi connectivity index (χ4v) is 3.71. The number of para-hydroxylation sites is 1. The molecule has 1 amide bonds. The van der Waals surface area contributed by atoms with Gasteiger partial charge in [0, 0.05) is 12.6 Å². The number of carbonyl (C=O) groups is 1. The van der Waals surface area contributed by atoms with Crippen LogP contribution in [0.1, 0.15) is 23.2 Å². The van der Waals surface area contributed by atoms with Gasteiger partial charge in [-0.15, -0.1) is 12.4 Å². The molecule has 2 aromatic rings. The molecular formula is C18H20ClF2N3O3S. The lowest BCUT2D eigenvalue weighted by Gasteiger charge is -2.15. The first-order valence-electron chi connectivity index (χ1n) is 8.38. The van der Waals surface area contributed by atoms with E-state index in [0.29, 0.717) is 12.0 Å². The summed E-state index contributed by atoms with van der Waals surface area (Å²) in [4.78, 5) is 12.0. The van der Waals surface area contributed by atoms with E-state index >= 15 is 0 Å². The molecule has 6 nitrogen and oxygen atoms in total. The van der Waals surface area contributed by atoms with Gasteiger partial charge >= 0.3 is 0 Å². The van der Waals surface area contributed by atoms with E-state index in [1.165, 1.54) is 12.1 Å². The van der Waals surface area contributed by atoms with Crippen LogP contribution in [0.2, 0.25) is 0 Å². The molecule has 2 aromatic carbocycles. The number of hydrogen-bond donors (Lipinski definition) is 3. The van der Waals surface area contributed by atoms with Gasteiger partial charge in [-0.3, -0.25) is 9.52 Å². The van der Waals surface area contributed by atoms with Crippen LogP contribution in [0.15, 0.2) is 47.4 Å². The Labute approximate surface area is 168 Å². The van der Waals surface area contributed by atoms with Gasteiger partial charge < -0.3 is 11.1 Å². The number of halogens is 3. The average Bonchev–Trinajstić information content (AvgIpc) is 3.47. The number of anilines is 1. The maximum atomic E-state index is 13.4. The minimum Gasteiger partial charge on any atom is -0.350 e. The Morgan fingerprint density at radius 1 is 1.14 bits per heavy atom. The van der Waals surface area contributed by atoms with Crippen molar-refractivity contribution in [3.05, 3.63) is 59.7 Å². The molecule has 3 rings (SSSR count). The lowest BCUT2D eigenvalue weighted by Crippen LogP contribution is -2.38. The fourth-order valence-electron chi connectivity index (χ4n) is 2.61. The molecule has 0 radical (unpaired) electrons. The summed E-state index contributed by atoms with van der Waals surface area (Å²) in [6, 6.07) is 8.12. The lowest BCUT2D eigenvalue weighted by atomic mass is 10.1. The standard InChI is InChI=1S/C18H19F2N3O3S.ClH/c19-14-8-7-12(9-15(14)20)27(25,26)23-17-4-2-1-3-13(17)18(24)22-10-16(21)11-5-6-11;/h1-4,7-9,11,16,23H,5-6,10,21H2,(H,22,24);1H. The molecule has 152 valence electrons. The zero-order valence-electron chi connectivity index (χ0n) is 14.7. The van der Waals surface area contributed by atoms with E-state index in [-0.39, 0.29) is 36.2 Å². The highest BCUT2D eigenvalue weighted by Crippen LogP contribution is 2.31. The second-order valence-electron chi connectivity index (χ2n) is 6.44. The molecule has 1 fully saturated rings. The Balaban J connectivity index is 0.00000280. The molecule has 10 heteroatoms. The highest BCUT2D eigenvalue weighted by atomic mass is 35.5. The van der Waals surface area contributed by atoms with Crippen molar-refractivity contribution in [2.24, 2.45) is 11.7 Å². The van der Waals surface area contributed by atoms with Crippen LogP contribution in [-0.4, -0.2) is 26.9 Å². The Morgan fingerprint density at radius 2 is 1.82 bits per heavy atom. The molecule has 1 aliphatic carbocycles. The number of benzene rings is 2. The number of carbonyl (C=O) groups excluding carboxylic acids is 1. The van der Waals surface area contributed by atoms with Crippen molar-refractivity contribution < 1.29 is 22.0 Å². The van der Waals surface area contributed by atoms with E-state index in [9.17, 15) is 22.0 Å². The largest absolute Gasteiger partial charge is 0.350 e. The number of hydrogen-bond acceptors (Lipinski definition) is 4. The Morgan fingerprint density at radius 3 is 2.46 bits per heavy atom. The van der Waals surface area contributed by atoms with Gasteiger partial charge in [-0.1, -0.05) is 12.1 Å². The van der Waals surface area contributed by atoms with Crippen molar-refractivity contribution in [1.82, 2.24) is 5.32 Å². The molecule has 28 heavy (non-hydrogen) atoms. The Bertz CT molecular complexity index is 968. The normalized spacial score (nSPS) is 14.7. The lowest BCUT2D eigenvalue weighted by molar-refractivity contribution is 0.0951. The highest BCUT2D eigenvalue weighted by molar-refractivity contribution is 7.92. The third kappa shape index (κ3) is 5.18. The van der Waals surface area contributed by atoms with Crippen molar-refractivity contribution >= 4 is 34.0 Å². The summed E-state index contributed by atoms with van der Waals surface area (Å²) < 4.78 is 53.5. The minimum atomic E-state index is -4.20. The van der Waals surface area contributed by atoms with E-state index in [1.54, 1.807) is 12.1 Å². The molecule has 0 spiro atoms. The number of amides is 1. The second-order valence-corrected chi connectivity index (χ2v) is 8.12. The van der Waals surface area contributed by atoms with Crippen LogP contribution in [0.4, 0.5) is 14.5 Å². The van der Waals surface area contributed by atoms with Crippen LogP contribution in [0.5, 0.6) is 0 Å². The van der Waals surface area contributed by atoms with Gasteiger partial charge in [-0.2, -0.15) is 0 Å². The first-order chi connectivity index (χ1) is 12.8. The molecule has 0 saturated heterocycles. The number of nitrogens with one attached hydrogen (secondary N) is 2. The minimum absolute atomic E-state index is 0. The fraction of sp³-hybridized carbons (Fsp3) is 0.278. The van der Waals surface area contributed by atoms with Crippen LogP contribution in [0.25, 0.3) is 0 Å². The van der Waals surface area contributed by atoms with Gasteiger partial charge in [0.25, 0.3) is 15.9 Å². The molecule has 0 aromatic heterocycles. The topological polar surface area (TPSA) is 101 Å². The molecule has 1 atom stereocenters. The van der Waals surface area contributed by atoms with Crippen molar-refractivity contribution in [3.8, 4) is 0 Å². The predicted octanol–water partition coefficient (Wildman–Crippen LogP) is 2.65. The quantitative estimate of drug-likeness (QED) is 0.627. The molecule has 1 unspecified atom stereocenters. The Hall–Kier alpha value is -2.23. The third-order valence-corrected chi connectivity index (χ3v) is 5.71. The van der Waals surface area contributed by atoms with E-state index in [4.69, 9.17) is 5.73 Å². The van der Waals surface area contributed by atoms with Gasteiger partial charge in [-0.25, -0.2) is 17.2 Å². The SMILES string of the molecule is Cl.NC(CNC(=O)c1ccccc1NS(=O)(=O)c1ccc(F)c(F)c1)C1CC1. The molecule has 1 aliphatic rings. The zero-order valence-corrected chi connectivity index (χ0v) is 16.3. The summed E-state index contributed by atoms with van der Waals surface area (Å²) in [7, 11) is -4.20. The summed E-state index contributed by atoms with van der Waals surface area (Å²) in [5.74, 6) is -2.50. The third-order valence-electron chi connectivity index (χ3n) is 4.34. The first kappa shape index (κ1) is 22.1. The monoisotopic (exact) mass is 431 g/mol. The Kier molecular flexibility index (Phi) is 6.97. The second kappa shape index (κ2) is 8.85. The predicted molar refractivity (Wildman–Crippen MR) is 104 cm³/mol. The van der Waals surface area contributed by atoms with Gasteiger partial charge in [0.15, 0.2) is 11.6 Å². The summed E-state index contributed by atoms with van der Waals surface area (Å²) >= 11 is 0. The highest BCUT2D eigenvalue weighted by Gasteiger charge is 2.29. The molecular weight excluding hydrogens is 412 g/mol. The van der Waals surface area contributed by atoms with Crippen molar-refractivity contribution in [1.29, 1.82) is 0 Å². The van der Waals surface area contributed by atoms with Gasteiger partial charge in [0.2, 0.25) is 0 Å². The van der Waals surface area contributed by atoms with Crippen LogP contribution in [-0.2, 0) is 10.0 Å². The van der Waals surface area contributed by atoms with Gasteiger partial charge in [0.05, 0.1) is 16.1 Å². The van der Waals surface area contributed by atoms with Crippen molar-refractivity contribution in [3.63, 3.8) is 0 Å². The summed E-state index contributed by atoms with van der Waals surface area (Å²) in [5, 5.41) is 2.69. The van der Waals surface area contributed by atoms with Crippen molar-refractivity contribution in [2.75, 3.05) is 11.3 Å². The summed E-state index contributed by atoms with van der Waals surface area (Å²) in [6.45, 7) is 0.285.